The van der Waals surface area contributed by atoms with E-state index in [1.807, 2.05) is 0 Å². The molecule has 2 rings (SSSR count). The van der Waals surface area contributed by atoms with Crippen molar-refractivity contribution in [3.05, 3.63) is 0 Å². The fourth-order valence-electron chi connectivity index (χ4n) is 2.67. The van der Waals surface area contributed by atoms with E-state index in [-0.39, 0.29) is 12.1 Å². The lowest BCUT2D eigenvalue weighted by atomic mass is 10.1. The van der Waals surface area contributed by atoms with E-state index in [0.717, 1.165) is 25.8 Å². The maximum Gasteiger partial charge on any atom is 0.209 e. The second-order valence-corrected chi connectivity index (χ2v) is 6.56. The van der Waals surface area contributed by atoms with Crippen LogP contribution >= 0.6 is 0 Å². The minimum absolute atomic E-state index is 0.0538. The Balaban J connectivity index is 1.94. The van der Waals surface area contributed by atoms with Crippen LogP contribution in [0.15, 0.2) is 0 Å². The highest BCUT2D eigenvalue weighted by atomic mass is 32.2. The molecule has 2 fully saturated rings. The van der Waals surface area contributed by atoms with Crippen molar-refractivity contribution in [2.24, 2.45) is 0 Å². The summed E-state index contributed by atoms with van der Waals surface area (Å²) in [5.41, 5.74) is 0. The molecule has 2 N–H and O–H groups in total. The zero-order valence-corrected chi connectivity index (χ0v) is 10.8. The number of aliphatic hydroxyl groups excluding tert-OH is 1. The van der Waals surface area contributed by atoms with Gasteiger partial charge in [0.05, 0.1) is 25.6 Å². The molecule has 3 atom stereocenters. The molecule has 0 amide bonds. The lowest BCUT2D eigenvalue weighted by molar-refractivity contribution is -0.0145. The van der Waals surface area contributed by atoms with Gasteiger partial charge in [0.2, 0.25) is 10.0 Å². The van der Waals surface area contributed by atoms with Gasteiger partial charge in [-0.2, -0.15) is 0 Å². The molecule has 0 spiro atoms. The summed E-state index contributed by atoms with van der Waals surface area (Å²) in [6.45, 7) is 3.00. The number of nitrogens with one attached hydrogen (secondary N) is 1. The van der Waals surface area contributed by atoms with Crippen LogP contribution in [0.2, 0.25) is 0 Å². The van der Waals surface area contributed by atoms with E-state index in [1.165, 1.54) is 0 Å². The topological polar surface area (TPSA) is 78.9 Å². The molecule has 100 valence electrons. The fourth-order valence-corrected chi connectivity index (χ4v) is 3.48. The van der Waals surface area contributed by atoms with E-state index < -0.39 is 16.1 Å². The van der Waals surface area contributed by atoms with Gasteiger partial charge in [-0.15, -0.1) is 0 Å². The predicted molar refractivity (Wildman–Crippen MR) is 63.2 cm³/mol. The van der Waals surface area contributed by atoms with Gasteiger partial charge in [-0.1, -0.05) is 0 Å². The molecule has 0 bridgehead atoms. The predicted octanol–water partition coefficient (Wildman–Crippen LogP) is -1.24. The summed E-state index contributed by atoms with van der Waals surface area (Å²) in [7, 11) is -3.25. The average molecular weight is 264 g/mol. The summed E-state index contributed by atoms with van der Waals surface area (Å²) in [5, 5.41) is 10.2. The SMILES string of the molecule is CS(=O)(=O)N[C@@H]1CC[C@@H](N2CCOCC2)[C@@H]1O. The van der Waals surface area contributed by atoms with Crippen molar-refractivity contribution in [1.82, 2.24) is 9.62 Å². The highest BCUT2D eigenvalue weighted by molar-refractivity contribution is 7.88. The van der Waals surface area contributed by atoms with Crippen LogP contribution in [0.25, 0.3) is 0 Å². The van der Waals surface area contributed by atoms with Gasteiger partial charge in [0, 0.05) is 25.2 Å². The first-order chi connectivity index (χ1) is 7.97. The molecule has 17 heavy (non-hydrogen) atoms. The van der Waals surface area contributed by atoms with E-state index in [4.69, 9.17) is 4.74 Å². The third-order valence-electron chi connectivity index (χ3n) is 3.46. The normalized spacial score (nSPS) is 36.2. The van der Waals surface area contributed by atoms with E-state index in [0.29, 0.717) is 19.6 Å². The largest absolute Gasteiger partial charge is 0.390 e. The van der Waals surface area contributed by atoms with Crippen LogP contribution in [0.3, 0.4) is 0 Å². The zero-order valence-electron chi connectivity index (χ0n) is 10.0. The Morgan fingerprint density at radius 1 is 1.29 bits per heavy atom. The zero-order chi connectivity index (χ0) is 12.5. The number of rotatable bonds is 3. The van der Waals surface area contributed by atoms with Gasteiger partial charge < -0.3 is 9.84 Å². The highest BCUT2D eigenvalue weighted by Crippen LogP contribution is 2.25. The van der Waals surface area contributed by atoms with Crippen molar-refractivity contribution in [1.29, 1.82) is 0 Å². The second kappa shape index (κ2) is 5.19. The molecule has 2 aliphatic rings. The number of morpholine rings is 1. The Hall–Kier alpha value is -0.210. The third kappa shape index (κ3) is 3.38. The van der Waals surface area contributed by atoms with Crippen LogP contribution in [0.1, 0.15) is 12.8 Å². The molecule has 0 aromatic rings. The molecule has 1 aliphatic heterocycles. The Kier molecular flexibility index (Phi) is 4.04. The molecule has 1 aliphatic carbocycles. The van der Waals surface area contributed by atoms with Crippen LogP contribution in [0.4, 0.5) is 0 Å². The molecule has 0 unspecified atom stereocenters. The second-order valence-electron chi connectivity index (χ2n) is 4.78. The summed E-state index contributed by atoms with van der Waals surface area (Å²) in [6.07, 6.45) is 2.02. The fraction of sp³-hybridized carbons (Fsp3) is 1.00. The number of nitrogens with zero attached hydrogens (tertiary/aromatic N) is 1. The van der Waals surface area contributed by atoms with Crippen molar-refractivity contribution >= 4 is 10.0 Å². The first-order valence-corrected chi connectivity index (χ1v) is 7.84. The minimum atomic E-state index is -3.25. The van der Waals surface area contributed by atoms with Gasteiger partial charge in [0.1, 0.15) is 0 Å². The molecular formula is C10H20N2O4S. The van der Waals surface area contributed by atoms with Crippen molar-refractivity contribution in [3.8, 4) is 0 Å². The molecular weight excluding hydrogens is 244 g/mol. The molecule has 7 heteroatoms. The van der Waals surface area contributed by atoms with Gasteiger partial charge in [-0.3, -0.25) is 4.90 Å². The van der Waals surface area contributed by atoms with Gasteiger partial charge in [-0.05, 0) is 12.8 Å². The Morgan fingerprint density at radius 3 is 2.53 bits per heavy atom. The van der Waals surface area contributed by atoms with Crippen molar-refractivity contribution in [2.75, 3.05) is 32.6 Å². The van der Waals surface area contributed by atoms with Crippen molar-refractivity contribution < 1.29 is 18.3 Å². The van der Waals surface area contributed by atoms with Crippen LogP contribution < -0.4 is 4.72 Å². The van der Waals surface area contributed by atoms with Gasteiger partial charge in [0.15, 0.2) is 0 Å². The standard InChI is InChI=1S/C10H20N2O4S/c1-17(14,15)11-8-2-3-9(10(8)13)12-4-6-16-7-5-12/h8-11,13H,2-7H2,1H3/t8-,9-,10-/m1/s1. The lowest BCUT2D eigenvalue weighted by Gasteiger charge is -2.34. The smallest absolute Gasteiger partial charge is 0.209 e. The number of aliphatic hydroxyl groups is 1. The average Bonchev–Trinajstić information content (AvgIpc) is 2.60. The summed E-state index contributed by atoms with van der Waals surface area (Å²) in [4.78, 5) is 2.19. The van der Waals surface area contributed by atoms with E-state index in [2.05, 4.69) is 9.62 Å². The molecule has 0 aromatic heterocycles. The molecule has 0 radical (unpaired) electrons. The molecule has 6 nitrogen and oxygen atoms in total. The van der Waals surface area contributed by atoms with E-state index in [1.54, 1.807) is 0 Å². The third-order valence-corrected chi connectivity index (χ3v) is 4.19. The maximum atomic E-state index is 11.2. The quantitative estimate of drug-likeness (QED) is 0.666. The van der Waals surface area contributed by atoms with E-state index in [9.17, 15) is 13.5 Å². The first kappa shape index (κ1) is 13.2. The van der Waals surface area contributed by atoms with Crippen LogP contribution in [0.5, 0.6) is 0 Å². The van der Waals surface area contributed by atoms with Crippen molar-refractivity contribution in [2.45, 2.75) is 31.0 Å². The van der Waals surface area contributed by atoms with E-state index >= 15 is 0 Å². The van der Waals surface area contributed by atoms with Crippen molar-refractivity contribution in [3.63, 3.8) is 0 Å². The lowest BCUT2D eigenvalue weighted by Crippen LogP contribution is -2.51. The number of hydrogen-bond acceptors (Lipinski definition) is 5. The summed E-state index contributed by atoms with van der Waals surface area (Å²) >= 11 is 0. The Labute approximate surface area is 102 Å². The minimum Gasteiger partial charge on any atom is -0.390 e. The number of hydrogen-bond donors (Lipinski definition) is 2. The number of sulfonamides is 1. The van der Waals surface area contributed by atoms with Crippen LogP contribution in [-0.4, -0.2) is 69.2 Å². The molecule has 1 saturated heterocycles. The van der Waals surface area contributed by atoms with Gasteiger partial charge in [0.25, 0.3) is 0 Å². The number of ether oxygens (including phenoxy) is 1. The Bertz CT molecular complexity index is 353. The maximum absolute atomic E-state index is 11.2. The summed E-state index contributed by atoms with van der Waals surface area (Å²) < 4.78 is 30.1. The van der Waals surface area contributed by atoms with Crippen LogP contribution in [-0.2, 0) is 14.8 Å². The van der Waals surface area contributed by atoms with Gasteiger partial charge >= 0.3 is 0 Å². The molecule has 0 aromatic carbocycles. The molecule has 1 heterocycles. The summed E-state index contributed by atoms with van der Waals surface area (Å²) in [5.74, 6) is 0. The Morgan fingerprint density at radius 2 is 1.94 bits per heavy atom. The highest BCUT2D eigenvalue weighted by Gasteiger charge is 2.39. The summed E-state index contributed by atoms with van der Waals surface area (Å²) in [6, 6.07) is -0.295. The van der Waals surface area contributed by atoms with Gasteiger partial charge in [-0.25, -0.2) is 13.1 Å². The monoisotopic (exact) mass is 264 g/mol. The molecule has 1 saturated carbocycles. The van der Waals surface area contributed by atoms with Crippen LogP contribution in [0, 0.1) is 0 Å². The first-order valence-electron chi connectivity index (χ1n) is 5.94.